The fourth-order valence-corrected chi connectivity index (χ4v) is 4.11. The lowest BCUT2D eigenvalue weighted by molar-refractivity contribution is 0.148. The van der Waals surface area contributed by atoms with Crippen molar-refractivity contribution in [3.63, 3.8) is 0 Å². The van der Waals surface area contributed by atoms with Gasteiger partial charge in [-0.3, -0.25) is 4.90 Å². The molecule has 0 amide bonds. The zero-order valence-electron chi connectivity index (χ0n) is 13.3. The lowest BCUT2D eigenvalue weighted by Crippen LogP contribution is -2.33. The molecular weight excluding hydrogens is 316 g/mol. The van der Waals surface area contributed by atoms with Crippen molar-refractivity contribution in [2.75, 3.05) is 32.9 Å². The lowest BCUT2D eigenvalue weighted by Gasteiger charge is -2.17. The van der Waals surface area contributed by atoms with Crippen molar-refractivity contribution in [2.45, 2.75) is 12.6 Å². The highest BCUT2D eigenvalue weighted by atomic mass is 32.2. The summed E-state index contributed by atoms with van der Waals surface area (Å²) < 4.78 is 25.2. The molecular formula is C15H22N4O3S. The Bertz CT molecular complexity index is 754. The van der Waals surface area contributed by atoms with Crippen molar-refractivity contribution in [3.8, 4) is 0 Å². The number of benzene rings is 1. The molecule has 0 spiro atoms. The molecule has 0 radical (unpaired) electrons. The van der Waals surface area contributed by atoms with E-state index in [0.717, 1.165) is 16.9 Å². The number of hydrogen-bond acceptors (Lipinski definition) is 5. The van der Waals surface area contributed by atoms with Gasteiger partial charge < -0.3 is 10.1 Å². The van der Waals surface area contributed by atoms with Crippen LogP contribution in [0.2, 0.25) is 0 Å². The summed E-state index contributed by atoms with van der Waals surface area (Å²) in [7, 11) is -0.275. The van der Waals surface area contributed by atoms with Gasteiger partial charge in [-0.2, -0.15) is 0 Å². The summed E-state index contributed by atoms with van der Waals surface area (Å²) in [5.74, 6) is 0.527. The third kappa shape index (κ3) is 3.55. The molecule has 1 aromatic heterocycles. The highest BCUT2D eigenvalue weighted by Crippen LogP contribution is 2.22. The van der Waals surface area contributed by atoms with Crippen molar-refractivity contribution in [1.82, 2.24) is 19.2 Å². The number of imidazole rings is 1. The number of sulfonamides is 1. The molecule has 0 bridgehead atoms. The van der Waals surface area contributed by atoms with Gasteiger partial charge in [0, 0.05) is 33.1 Å². The van der Waals surface area contributed by atoms with Gasteiger partial charge in [0.1, 0.15) is 5.82 Å². The third-order valence-corrected chi connectivity index (χ3v) is 6.24. The number of hydrogen-bond donors (Lipinski definition) is 2. The van der Waals surface area contributed by atoms with E-state index in [1.54, 1.807) is 0 Å². The average molecular weight is 338 g/mol. The summed E-state index contributed by atoms with van der Waals surface area (Å²) in [5.41, 5.74) is 1.89. The van der Waals surface area contributed by atoms with E-state index in [-0.39, 0.29) is 11.7 Å². The van der Waals surface area contributed by atoms with Gasteiger partial charge in [0.2, 0.25) is 10.0 Å². The Morgan fingerprint density at radius 2 is 2.09 bits per heavy atom. The minimum atomic E-state index is -3.31. The van der Waals surface area contributed by atoms with Crippen LogP contribution in [0, 0.1) is 5.92 Å². The van der Waals surface area contributed by atoms with Crippen LogP contribution in [0.4, 0.5) is 0 Å². The van der Waals surface area contributed by atoms with Crippen LogP contribution in [0.15, 0.2) is 24.3 Å². The summed E-state index contributed by atoms with van der Waals surface area (Å²) in [5, 5.41) is 10.2. The number of nitrogens with zero attached hydrogens (tertiary/aromatic N) is 3. The SMILES string of the molecule is CN(C)S(=O)(=O)C[C@@H]1CN(Cc2nc3ccccc3[nH]2)C[C@H]1O. The molecule has 3 rings (SSSR count). The van der Waals surface area contributed by atoms with Crippen LogP contribution in [0.25, 0.3) is 11.0 Å². The highest BCUT2D eigenvalue weighted by molar-refractivity contribution is 7.89. The number of fused-ring (bicyclic) bond motifs is 1. The van der Waals surface area contributed by atoms with Gasteiger partial charge in [-0.1, -0.05) is 12.1 Å². The fourth-order valence-electron chi connectivity index (χ4n) is 2.95. The van der Waals surface area contributed by atoms with E-state index in [0.29, 0.717) is 19.6 Å². The maximum absolute atomic E-state index is 12.0. The number of rotatable bonds is 5. The number of aromatic nitrogens is 2. The first kappa shape index (κ1) is 16.4. The number of aliphatic hydroxyl groups is 1. The Kier molecular flexibility index (Phi) is 4.41. The number of aliphatic hydroxyl groups excluding tert-OH is 1. The van der Waals surface area contributed by atoms with Crippen molar-refractivity contribution in [3.05, 3.63) is 30.1 Å². The van der Waals surface area contributed by atoms with Crippen molar-refractivity contribution in [2.24, 2.45) is 5.92 Å². The molecule has 7 nitrogen and oxygen atoms in total. The summed E-state index contributed by atoms with van der Waals surface area (Å²) in [6.07, 6.45) is -0.630. The standard InChI is InChI=1S/C15H22N4O3S/c1-18(2)23(21,22)10-11-7-19(8-14(11)20)9-15-16-12-5-3-4-6-13(12)17-15/h3-6,11,14,20H,7-10H2,1-2H3,(H,16,17)/t11-,14+/m0/s1. The van der Waals surface area contributed by atoms with Gasteiger partial charge in [-0.05, 0) is 12.1 Å². The second-order valence-corrected chi connectivity index (χ2v) is 8.51. The summed E-state index contributed by atoms with van der Waals surface area (Å²) >= 11 is 0. The summed E-state index contributed by atoms with van der Waals surface area (Å²) in [6.45, 7) is 1.58. The van der Waals surface area contributed by atoms with Crippen molar-refractivity contribution in [1.29, 1.82) is 0 Å². The number of likely N-dealkylation sites (tertiary alicyclic amines) is 1. The summed E-state index contributed by atoms with van der Waals surface area (Å²) in [4.78, 5) is 9.82. The lowest BCUT2D eigenvalue weighted by atomic mass is 10.1. The van der Waals surface area contributed by atoms with Gasteiger partial charge in [-0.25, -0.2) is 17.7 Å². The monoisotopic (exact) mass is 338 g/mol. The van der Waals surface area contributed by atoms with Gasteiger partial charge in [0.15, 0.2) is 0 Å². The molecule has 0 unspecified atom stereocenters. The Hall–Kier alpha value is -1.48. The first-order chi connectivity index (χ1) is 10.8. The molecule has 126 valence electrons. The van der Waals surface area contributed by atoms with Crippen LogP contribution in [0.3, 0.4) is 0 Å². The maximum atomic E-state index is 12.0. The van der Waals surface area contributed by atoms with Gasteiger partial charge >= 0.3 is 0 Å². The quantitative estimate of drug-likeness (QED) is 0.815. The molecule has 2 N–H and O–H groups in total. The van der Waals surface area contributed by atoms with Crippen LogP contribution in [-0.2, 0) is 16.6 Å². The second kappa shape index (κ2) is 6.20. The Morgan fingerprint density at radius 3 is 2.78 bits per heavy atom. The smallest absolute Gasteiger partial charge is 0.214 e. The molecule has 2 atom stereocenters. The Morgan fingerprint density at radius 1 is 1.35 bits per heavy atom. The molecule has 2 heterocycles. The van der Waals surface area contributed by atoms with Crippen LogP contribution < -0.4 is 0 Å². The van der Waals surface area contributed by atoms with Crippen LogP contribution in [0.5, 0.6) is 0 Å². The number of aromatic amines is 1. The fraction of sp³-hybridized carbons (Fsp3) is 0.533. The molecule has 1 fully saturated rings. The Balaban J connectivity index is 1.66. The molecule has 8 heteroatoms. The van der Waals surface area contributed by atoms with Crippen LogP contribution >= 0.6 is 0 Å². The van der Waals surface area contributed by atoms with E-state index in [2.05, 4.69) is 9.97 Å². The minimum Gasteiger partial charge on any atom is -0.391 e. The van der Waals surface area contributed by atoms with Gasteiger partial charge in [-0.15, -0.1) is 0 Å². The van der Waals surface area contributed by atoms with Crippen molar-refractivity contribution < 1.29 is 13.5 Å². The van der Waals surface area contributed by atoms with Crippen LogP contribution in [0.1, 0.15) is 5.82 Å². The summed E-state index contributed by atoms with van der Waals surface area (Å²) in [6, 6.07) is 7.80. The predicted octanol–water partition coefficient (Wildman–Crippen LogP) is 0.247. The topological polar surface area (TPSA) is 89.5 Å². The maximum Gasteiger partial charge on any atom is 0.214 e. The van der Waals surface area contributed by atoms with E-state index in [1.807, 2.05) is 29.2 Å². The first-order valence-electron chi connectivity index (χ1n) is 7.59. The van der Waals surface area contributed by atoms with Crippen molar-refractivity contribution >= 4 is 21.1 Å². The van der Waals surface area contributed by atoms with Crippen LogP contribution in [-0.4, -0.2) is 71.7 Å². The molecule has 1 aliphatic heterocycles. The van der Waals surface area contributed by atoms with E-state index >= 15 is 0 Å². The van der Waals surface area contributed by atoms with E-state index in [9.17, 15) is 13.5 Å². The normalized spacial score (nSPS) is 23.1. The molecule has 2 aromatic rings. The first-order valence-corrected chi connectivity index (χ1v) is 9.20. The van der Waals surface area contributed by atoms with Gasteiger partial charge in [0.25, 0.3) is 0 Å². The molecule has 1 saturated heterocycles. The molecule has 1 aromatic carbocycles. The minimum absolute atomic E-state index is 0.0300. The predicted molar refractivity (Wildman–Crippen MR) is 88.3 cm³/mol. The molecule has 0 saturated carbocycles. The number of β-amino-alcohol motifs (C(OH)–C–C–N with tert-alkyl or cyclic N) is 1. The second-order valence-electron chi connectivity index (χ2n) is 6.28. The molecule has 23 heavy (non-hydrogen) atoms. The largest absolute Gasteiger partial charge is 0.391 e. The van der Waals surface area contributed by atoms with E-state index in [4.69, 9.17) is 0 Å². The average Bonchev–Trinajstić information content (AvgIpc) is 3.01. The van der Waals surface area contributed by atoms with E-state index < -0.39 is 16.1 Å². The zero-order chi connectivity index (χ0) is 16.6. The number of nitrogens with one attached hydrogen (secondary N) is 1. The van der Waals surface area contributed by atoms with E-state index in [1.165, 1.54) is 18.4 Å². The zero-order valence-corrected chi connectivity index (χ0v) is 14.1. The highest BCUT2D eigenvalue weighted by Gasteiger charge is 2.35. The number of para-hydroxylation sites is 2. The number of H-pyrrole nitrogens is 1. The van der Waals surface area contributed by atoms with Gasteiger partial charge in [0.05, 0.1) is 29.4 Å². The third-order valence-electron chi connectivity index (χ3n) is 4.27. The molecule has 1 aliphatic rings. The Labute approximate surface area is 136 Å². The molecule has 0 aliphatic carbocycles.